The van der Waals surface area contributed by atoms with E-state index in [-0.39, 0.29) is 12.2 Å². The van der Waals surface area contributed by atoms with Crippen molar-refractivity contribution in [2.45, 2.75) is 53.5 Å². The van der Waals surface area contributed by atoms with E-state index in [0.29, 0.717) is 51.2 Å². The summed E-state index contributed by atoms with van der Waals surface area (Å²) in [4.78, 5) is 32.3. The van der Waals surface area contributed by atoms with E-state index in [1.54, 1.807) is 24.5 Å². The lowest BCUT2D eigenvalue weighted by molar-refractivity contribution is -0.139. The normalized spacial score (nSPS) is 15.3. The van der Waals surface area contributed by atoms with Gasteiger partial charge in [0.15, 0.2) is 4.80 Å². The monoisotopic (exact) mass is 612 g/mol. The number of carbonyl (C=O) groups excluding carboxylic acids is 1. The van der Waals surface area contributed by atoms with Crippen LogP contribution >= 0.6 is 27.3 Å². The topological polar surface area (TPSA) is 79.1 Å². The van der Waals surface area contributed by atoms with E-state index in [1.807, 2.05) is 50.2 Å². The molecule has 0 amide bonds. The van der Waals surface area contributed by atoms with Crippen molar-refractivity contribution < 1.29 is 19.0 Å². The third-order valence-electron chi connectivity index (χ3n) is 6.39. The van der Waals surface area contributed by atoms with Crippen LogP contribution in [0, 0.1) is 0 Å². The highest BCUT2D eigenvalue weighted by Crippen LogP contribution is 2.34. The molecule has 0 bridgehead atoms. The van der Waals surface area contributed by atoms with Gasteiger partial charge in [0.05, 0.1) is 46.1 Å². The molecule has 2 aromatic carbocycles. The molecule has 0 unspecified atom stereocenters. The molecule has 7 nitrogen and oxygen atoms in total. The summed E-state index contributed by atoms with van der Waals surface area (Å²) in [7, 11) is 0. The van der Waals surface area contributed by atoms with Crippen molar-refractivity contribution in [3.63, 3.8) is 0 Å². The predicted octanol–water partition coefficient (Wildman–Crippen LogP) is 5.48. The van der Waals surface area contributed by atoms with Crippen molar-refractivity contribution in [1.82, 2.24) is 4.57 Å². The summed E-state index contributed by atoms with van der Waals surface area (Å²) in [6, 6.07) is 11.1. The van der Waals surface area contributed by atoms with Crippen LogP contribution in [0.4, 0.5) is 0 Å². The molecule has 0 aliphatic carbocycles. The molecule has 1 aromatic heterocycles. The molecule has 39 heavy (non-hydrogen) atoms. The second-order valence-corrected chi connectivity index (χ2v) is 11.2. The average Bonchev–Trinajstić information content (AvgIpc) is 3.20. The molecule has 0 spiro atoms. The van der Waals surface area contributed by atoms with E-state index < -0.39 is 12.0 Å². The lowest BCUT2D eigenvalue weighted by atomic mass is 9.93. The first kappa shape index (κ1) is 28.8. The minimum absolute atomic E-state index is 0.228. The highest BCUT2D eigenvalue weighted by molar-refractivity contribution is 9.10. The van der Waals surface area contributed by atoms with Gasteiger partial charge < -0.3 is 14.2 Å². The molecule has 1 aliphatic heterocycles. The summed E-state index contributed by atoms with van der Waals surface area (Å²) >= 11 is 4.85. The van der Waals surface area contributed by atoms with E-state index >= 15 is 0 Å². The molecule has 0 saturated heterocycles. The van der Waals surface area contributed by atoms with Gasteiger partial charge in [-0.05, 0) is 72.8 Å². The van der Waals surface area contributed by atoms with Gasteiger partial charge in [-0.3, -0.25) is 9.36 Å². The summed E-state index contributed by atoms with van der Waals surface area (Å²) in [6.45, 7) is 12.8. The van der Waals surface area contributed by atoms with Crippen molar-refractivity contribution in [2.24, 2.45) is 4.99 Å². The highest BCUT2D eigenvalue weighted by atomic mass is 79.9. The Balaban J connectivity index is 1.93. The lowest BCUT2D eigenvalue weighted by Gasteiger charge is -2.25. The zero-order chi connectivity index (χ0) is 28.3. The summed E-state index contributed by atoms with van der Waals surface area (Å²) in [5.74, 6) is 1.16. The Bertz CT molecular complexity index is 1580. The van der Waals surface area contributed by atoms with Gasteiger partial charge in [0.2, 0.25) is 0 Å². The molecule has 2 heterocycles. The van der Waals surface area contributed by atoms with Crippen molar-refractivity contribution in [3.8, 4) is 11.5 Å². The molecule has 1 aliphatic rings. The zero-order valence-corrected chi connectivity index (χ0v) is 25.4. The van der Waals surface area contributed by atoms with Gasteiger partial charge in [-0.2, -0.15) is 0 Å². The van der Waals surface area contributed by atoms with Crippen LogP contribution in [0.25, 0.3) is 6.08 Å². The second-order valence-electron chi connectivity index (χ2n) is 9.31. The number of hydrogen-bond donors (Lipinski definition) is 0. The molecule has 1 atom stereocenters. The number of rotatable bonds is 9. The Kier molecular flexibility index (Phi) is 9.12. The number of hydrogen-bond acceptors (Lipinski definition) is 7. The van der Waals surface area contributed by atoms with Crippen LogP contribution in [0.1, 0.15) is 70.2 Å². The van der Waals surface area contributed by atoms with Crippen LogP contribution in [0.5, 0.6) is 11.5 Å². The number of ether oxygens (including phenoxy) is 3. The summed E-state index contributed by atoms with van der Waals surface area (Å²) < 4.78 is 19.8. The van der Waals surface area contributed by atoms with Crippen LogP contribution in [-0.4, -0.2) is 30.4 Å². The number of esters is 1. The van der Waals surface area contributed by atoms with Crippen LogP contribution < -0.4 is 24.4 Å². The Labute approximate surface area is 240 Å². The largest absolute Gasteiger partial charge is 0.493 e. The SMILES string of the molecule is CCOC(=O)C1=C(C)N=c2s/c(=C\c3cc(Br)c(OCC)cc3OCC)c(=O)n2[C@@H]1c1ccc(C(C)C)cc1. The third-order valence-corrected chi connectivity index (χ3v) is 7.99. The minimum atomic E-state index is -0.651. The fourth-order valence-electron chi connectivity index (χ4n) is 4.52. The lowest BCUT2D eigenvalue weighted by Crippen LogP contribution is -2.39. The molecular formula is C30H33BrN2O5S. The summed E-state index contributed by atoms with van der Waals surface area (Å²) in [5, 5.41) is 0. The molecule has 0 saturated carbocycles. The maximum absolute atomic E-state index is 14.0. The molecule has 9 heteroatoms. The van der Waals surface area contributed by atoms with Gasteiger partial charge >= 0.3 is 5.97 Å². The second kappa shape index (κ2) is 12.3. The van der Waals surface area contributed by atoms with Gasteiger partial charge in [-0.25, -0.2) is 9.79 Å². The quantitative estimate of drug-likeness (QED) is 0.299. The van der Waals surface area contributed by atoms with Crippen LogP contribution in [0.15, 0.2) is 61.9 Å². The number of fused-ring (bicyclic) bond motifs is 1. The summed E-state index contributed by atoms with van der Waals surface area (Å²) in [6.07, 6.45) is 1.80. The maximum Gasteiger partial charge on any atom is 0.338 e. The van der Waals surface area contributed by atoms with E-state index in [1.165, 1.54) is 16.9 Å². The minimum Gasteiger partial charge on any atom is -0.493 e. The van der Waals surface area contributed by atoms with Gasteiger partial charge in [-0.15, -0.1) is 0 Å². The molecule has 3 aromatic rings. The van der Waals surface area contributed by atoms with Gasteiger partial charge in [0.1, 0.15) is 11.5 Å². The Morgan fingerprint density at radius 2 is 1.74 bits per heavy atom. The first-order valence-corrected chi connectivity index (χ1v) is 14.7. The molecule has 0 radical (unpaired) electrons. The van der Waals surface area contributed by atoms with Crippen molar-refractivity contribution in [2.75, 3.05) is 19.8 Å². The summed E-state index contributed by atoms with van der Waals surface area (Å²) in [5.41, 5.74) is 3.40. The molecule has 206 valence electrons. The number of aromatic nitrogens is 1. The first-order valence-electron chi connectivity index (χ1n) is 13.1. The van der Waals surface area contributed by atoms with Gasteiger partial charge in [0.25, 0.3) is 5.56 Å². The fraction of sp³-hybridized carbons (Fsp3) is 0.367. The smallest absolute Gasteiger partial charge is 0.338 e. The van der Waals surface area contributed by atoms with Gasteiger partial charge in [0, 0.05) is 11.6 Å². The van der Waals surface area contributed by atoms with Crippen molar-refractivity contribution in [1.29, 1.82) is 0 Å². The maximum atomic E-state index is 14.0. The predicted molar refractivity (Wildman–Crippen MR) is 157 cm³/mol. The van der Waals surface area contributed by atoms with Crippen LogP contribution in [0.2, 0.25) is 0 Å². The number of nitrogens with zero attached hydrogens (tertiary/aromatic N) is 2. The number of thiazole rings is 1. The average molecular weight is 614 g/mol. The number of carbonyl (C=O) groups is 1. The highest BCUT2D eigenvalue weighted by Gasteiger charge is 2.33. The Morgan fingerprint density at radius 1 is 1.08 bits per heavy atom. The molecule has 0 fully saturated rings. The molecule has 0 N–H and O–H groups in total. The van der Waals surface area contributed by atoms with E-state index in [2.05, 4.69) is 34.8 Å². The van der Waals surface area contributed by atoms with Crippen molar-refractivity contribution >= 4 is 39.3 Å². The molecular weight excluding hydrogens is 580 g/mol. The number of benzene rings is 2. The fourth-order valence-corrected chi connectivity index (χ4v) is 6.03. The number of halogens is 1. The van der Waals surface area contributed by atoms with Crippen LogP contribution in [-0.2, 0) is 9.53 Å². The standard InChI is InChI=1S/C30H33BrN2O5S/c1-7-36-23-16-24(37-8-2)22(31)14-21(23)15-25-28(34)33-27(20-12-10-19(11-13-20)17(4)5)26(29(35)38-9-3)18(6)32-30(33)39-25/h10-17,27H,7-9H2,1-6H3/b25-15-/t27-/m1/s1. The van der Waals surface area contributed by atoms with E-state index in [9.17, 15) is 9.59 Å². The van der Waals surface area contributed by atoms with Crippen molar-refractivity contribution in [3.05, 3.63) is 88.5 Å². The first-order chi connectivity index (χ1) is 18.7. The van der Waals surface area contributed by atoms with E-state index in [4.69, 9.17) is 14.2 Å². The van der Waals surface area contributed by atoms with Gasteiger partial charge in [-0.1, -0.05) is 49.4 Å². The number of allylic oxidation sites excluding steroid dienone is 1. The zero-order valence-electron chi connectivity index (χ0n) is 23.0. The molecule has 4 rings (SSSR count). The van der Waals surface area contributed by atoms with Crippen LogP contribution in [0.3, 0.4) is 0 Å². The third kappa shape index (κ3) is 5.89. The Morgan fingerprint density at radius 3 is 2.36 bits per heavy atom. The Hall–Kier alpha value is -3.17. The van der Waals surface area contributed by atoms with E-state index in [0.717, 1.165) is 15.6 Å².